The molecule has 0 atom stereocenters. The molecule has 0 aliphatic heterocycles. The van der Waals surface area contributed by atoms with E-state index >= 15 is 0 Å². The number of hydrogen-bond acceptors (Lipinski definition) is 6. The smallest absolute Gasteiger partial charge is 0.258 e. The molecule has 0 bridgehead atoms. The third-order valence-corrected chi connectivity index (χ3v) is 4.78. The summed E-state index contributed by atoms with van der Waals surface area (Å²) in [5.41, 5.74) is 2.73. The zero-order chi connectivity index (χ0) is 16.8. The van der Waals surface area contributed by atoms with Gasteiger partial charge in [-0.15, -0.1) is 5.10 Å². The van der Waals surface area contributed by atoms with Crippen molar-refractivity contribution in [1.82, 2.24) is 25.1 Å². The number of nitrogens with zero attached hydrogens (tertiary/aromatic N) is 5. The molecule has 126 valence electrons. The topological polar surface area (TPSA) is 82.8 Å². The van der Waals surface area contributed by atoms with Gasteiger partial charge in [0.25, 0.3) is 5.89 Å². The first-order chi connectivity index (χ1) is 12.3. The maximum Gasteiger partial charge on any atom is 0.258 e. The predicted molar refractivity (Wildman–Crippen MR) is 90.8 cm³/mol. The van der Waals surface area contributed by atoms with Crippen LogP contribution in [0.15, 0.2) is 39.3 Å². The Morgan fingerprint density at radius 3 is 2.80 bits per heavy atom. The minimum atomic E-state index is 0.442. The summed E-state index contributed by atoms with van der Waals surface area (Å²) in [5.74, 6) is 2.30. The summed E-state index contributed by atoms with van der Waals surface area (Å²) < 4.78 is 13.0. The molecule has 1 saturated carbocycles. The minimum absolute atomic E-state index is 0.442. The van der Waals surface area contributed by atoms with Gasteiger partial charge in [0.05, 0.1) is 11.6 Å². The van der Waals surface area contributed by atoms with Gasteiger partial charge in [-0.25, -0.2) is 4.68 Å². The first kappa shape index (κ1) is 14.4. The lowest BCUT2D eigenvalue weighted by Gasteiger charge is -2.09. The van der Waals surface area contributed by atoms with Crippen molar-refractivity contribution in [2.45, 2.75) is 38.6 Å². The van der Waals surface area contributed by atoms with Crippen LogP contribution in [0, 0.1) is 6.92 Å². The second-order valence-corrected chi connectivity index (χ2v) is 6.51. The first-order valence-corrected chi connectivity index (χ1v) is 8.54. The molecule has 1 aromatic carbocycles. The van der Waals surface area contributed by atoms with Gasteiger partial charge in [-0.05, 0) is 50.1 Å². The van der Waals surface area contributed by atoms with Crippen LogP contribution in [0.3, 0.4) is 0 Å². The minimum Gasteiger partial charge on any atom is -0.458 e. The number of aromatic nitrogens is 5. The van der Waals surface area contributed by atoms with E-state index < -0.39 is 0 Å². The molecule has 1 aliphatic carbocycles. The Morgan fingerprint density at radius 2 is 2.00 bits per heavy atom. The fraction of sp³-hybridized carbons (Fsp3) is 0.333. The van der Waals surface area contributed by atoms with Crippen LogP contribution in [0.5, 0.6) is 0 Å². The van der Waals surface area contributed by atoms with E-state index in [9.17, 15) is 0 Å². The van der Waals surface area contributed by atoms with Gasteiger partial charge in [-0.2, -0.15) is 4.98 Å². The highest BCUT2D eigenvalue weighted by Gasteiger charge is 2.21. The number of benzene rings is 1. The van der Waals surface area contributed by atoms with Crippen LogP contribution < -0.4 is 0 Å². The molecule has 25 heavy (non-hydrogen) atoms. The van der Waals surface area contributed by atoms with Gasteiger partial charge in [0.2, 0.25) is 5.82 Å². The third-order valence-electron chi connectivity index (χ3n) is 4.78. The highest BCUT2D eigenvalue weighted by atomic mass is 16.5. The fourth-order valence-corrected chi connectivity index (χ4v) is 3.49. The molecule has 0 N–H and O–H groups in total. The molecule has 7 heteroatoms. The van der Waals surface area contributed by atoms with Gasteiger partial charge < -0.3 is 8.94 Å². The maximum absolute atomic E-state index is 5.54. The zero-order valence-electron chi connectivity index (χ0n) is 13.8. The average molecular weight is 335 g/mol. The van der Waals surface area contributed by atoms with E-state index in [4.69, 9.17) is 8.94 Å². The first-order valence-electron chi connectivity index (χ1n) is 8.54. The van der Waals surface area contributed by atoms with E-state index in [1.165, 1.54) is 25.7 Å². The lowest BCUT2D eigenvalue weighted by molar-refractivity contribution is 0.429. The van der Waals surface area contributed by atoms with Crippen LogP contribution in [0.4, 0.5) is 0 Å². The molecule has 5 rings (SSSR count). The number of aryl methyl sites for hydroxylation is 1. The molecule has 3 aromatic heterocycles. The Hall–Kier alpha value is -2.96. The van der Waals surface area contributed by atoms with E-state index in [1.807, 2.05) is 37.3 Å². The van der Waals surface area contributed by atoms with Crippen molar-refractivity contribution in [3.8, 4) is 23.0 Å². The van der Waals surface area contributed by atoms with Crippen LogP contribution >= 0.6 is 0 Å². The van der Waals surface area contributed by atoms with Crippen LogP contribution in [0.2, 0.25) is 0 Å². The summed E-state index contributed by atoms with van der Waals surface area (Å²) in [5, 5.41) is 12.7. The Balaban J connectivity index is 1.50. The van der Waals surface area contributed by atoms with Gasteiger partial charge >= 0.3 is 0 Å². The summed E-state index contributed by atoms with van der Waals surface area (Å²) in [6, 6.07) is 10.1. The number of hydrogen-bond donors (Lipinski definition) is 0. The van der Waals surface area contributed by atoms with Crippen molar-refractivity contribution in [3.63, 3.8) is 0 Å². The summed E-state index contributed by atoms with van der Waals surface area (Å²) in [4.78, 5) is 4.43. The molecular weight excluding hydrogens is 318 g/mol. The molecular formula is C18H17N5O2. The second-order valence-electron chi connectivity index (χ2n) is 6.51. The predicted octanol–water partition coefficient (Wildman–Crippen LogP) is 4.16. The summed E-state index contributed by atoms with van der Waals surface area (Å²) in [6.07, 6.45) is 4.88. The Labute approximate surface area is 143 Å². The molecule has 0 unspecified atom stereocenters. The van der Waals surface area contributed by atoms with E-state index in [-0.39, 0.29) is 0 Å². The van der Waals surface area contributed by atoms with Crippen LogP contribution in [0.1, 0.15) is 37.5 Å². The molecule has 0 radical (unpaired) electrons. The van der Waals surface area contributed by atoms with Crippen molar-refractivity contribution >= 4 is 11.0 Å². The molecule has 3 heterocycles. The van der Waals surface area contributed by atoms with Gasteiger partial charge in [-0.3, -0.25) is 0 Å². The molecule has 0 amide bonds. The summed E-state index contributed by atoms with van der Waals surface area (Å²) in [6.45, 7) is 1.88. The average Bonchev–Trinajstić information content (AvgIpc) is 3.39. The van der Waals surface area contributed by atoms with Crippen molar-refractivity contribution in [2.75, 3.05) is 0 Å². The molecule has 0 spiro atoms. The number of rotatable bonds is 3. The van der Waals surface area contributed by atoms with Crippen molar-refractivity contribution in [3.05, 3.63) is 36.1 Å². The summed E-state index contributed by atoms with van der Waals surface area (Å²) >= 11 is 0. The lowest BCUT2D eigenvalue weighted by atomic mass is 10.2. The van der Waals surface area contributed by atoms with Gasteiger partial charge in [0, 0.05) is 5.56 Å². The fourth-order valence-electron chi connectivity index (χ4n) is 3.49. The maximum atomic E-state index is 5.54. The van der Waals surface area contributed by atoms with Crippen LogP contribution in [-0.2, 0) is 0 Å². The van der Waals surface area contributed by atoms with Crippen molar-refractivity contribution in [2.24, 2.45) is 0 Å². The zero-order valence-corrected chi connectivity index (χ0v) is 13.8. The normalized spacial score (nSPS) is 15.4. The monoisotopic (exact) mass is 335 g/mol. The standard InChI is InChI=1S/C18H17N5O2/c1-11-6-9-16(24-11)17-19-18(25-21-17)12-7-8-15-14(10-12)20-22-23(15)13-4-2-3-5-13/h6-10,13H,2-5H2,1H3. The Bertz CT molecular complexity index is 1040. The van der Waals surface area contributed by atoms with Gasteiger partial charge in [-0.1, -0.05) is 23.2 Å². The van der Waals surface area contributed by atoms with Crippen LogP contribution in [-0.4, -0.2) is 25.1 Å². The molecule has 7 nitrogen and oxygen atoms in total. The quantitative estimate of drug-likeness (QED) is 0.559. The lowest BCUT2D eigenvalue weighted by Crippen LogP contribution is -2.06. The Kier molecular flexibility index (Phi) is 3.19. The number of furan rings is 1. The van der Waals surface area contributed by atoms with E-state index in [1.54, 1.807) is 0 Å². The Morgan fingerprint density at radius 1 is 1.12 bits per heavy atom. The van der Waals surface area contributed by atoms with Crippen molar-refractivity contribution in [1.29, 1.82) is 0 Å². The molecule has 4 aromatic rings. The van der Waals surface area contributed by atoms with Gasteiger partial charge in [0.15, 0.2) is 5.76 Å². The third kappa shape index (κ3) is 2.43. The highest BCUT2D eigenvalue weighted by molar-refractivity contribution is 5.79. The van der Waals surface area contributed by atoms with Crippen LogP contribution in [0.25, 0.3) is 34.1 Å². The SMILES string of the molecule is Cc1ccc(-c2noc(-c3ccc4c(c3)nnn4C3CCCC3)n2)o1. The van der Waals surface area contributed by atoms with E-state index in [0.717, 1.165) is 22.4 Å². The van der Waals surface area contributed by atoms with E-state index in [0.29, 0.717) is 23.5 Å². The molecule has 0 saturated heterocycles. The van der Waals surface area contributed by atoms with Gasteiger partial charge in [0.1, 0.15) is 11.3 Å². The molecule has 1 aliphatic rings. The second kappa shape index (κ2) is 5.54. The largest absolute Gasteiger partial charge is 0.458 e. The summed E-state index contributed by atoms with van der Waals surface area (Å²) in [7, 11) is 0. The van der Waals surface area contributed by atoms with Crippen molar-refractivity contribution < 1.29 is 8.94 Å². The van der Waals surface area contributed by atoms with E-state index in [2.05, 4.69) is 25.1 Å². The molecule has 1 fully saturated rings. The highest BCUT2D eigenvalue weighted by Crippen LogP contribution is 2.32. The number of fused-ring (bicyclic) bond motifs is 1.